The summed E-state index contributed by atoms with van der Waals surface area (Å²) in [6.07, 6.45) is -0.249. The van der Waals surface area contributed by atoms with Crippen LogP contribution in [0.3, 0.4) is 0 Å². The zero-order valence-corrected chi connectivity index (χ0v) is 6.62. The Labute approximate surface area is 69.9 Å². The molecule has 0 bridgehead atoms. The molecule has 1 saturated heterocycles. The highest BCUT2D eigenvalue weighted by atomic mass is 16.3. The molecular formula is C7H12N2O3. The molecule has 68 valence electrons. The first kappa shape index (κ1) is 8.99. The van der Waals surface area contributed by atoms with Gasteiger partial charge < -0.3 is 16.2 Å². The largest absolute Gasteiger partial charge is 0.390 e. The minimum absolute atomic E-state index is 0.117. The number of carbonyl (C=O) groups excluding carboxylic acids is 2. The van der Waals surface area contributed by atoms with E-state index in [-0.39, 0.29) is 18.9 Å². The van der Waals surface area contributed by atoms with Gasteiger partial charge in [0.05, 0.1) is 12.0 Å². The number of aliphatic hydroxyl groups excluding tert-OH is 1. The molecule has 5 nitrogen and oxygen atoms in total. The smallest absolute Gasteiger partial charge is 0.223 e. The zero-order chi connectivity index (χ0) is 9.14. The van der Waals surface area contributed by atoms with E-state index in [1.807, 2.05) is 0 Å². The number of primary amides is 1. The van der Waals surface area contributed by atoms with Gasteiger partial charge in [-0.05, 0) is 6.42 Å². The summed E-state index contributed by atoms with van der Waals surface area (Å²) in [4.78, 5) is 21.6. The van der Waals surface area contributed by atoms with E-state index in [0.717, 1.165) is 0 Å². The minimum atomic E-state index is -0.839. The summed E-state index contributed by atoms with van der Waals surface area (Å²) < 4.78 is 0. The van der Waals surface area contributed by atoms with Crippen LogP contribution in [0.2, 0.25) is 0 Å². The third kappa shape index (κ3) is 1.94. The van der Waals surface area contributed by atoms with Gasteiger partial charge in [0.25, 0.3) is 0 Å². The second-order valence-electron chi connectivity index (χ2n) is 2.92. The van der Waals surface area contributed by atoms with Crippen LogP contribution in [-0.4, -0.2) is 29.6 Å². The van der Waals surface area contributed by atoms with Crippen LogP contribution in [0.15, 0.2) is 0 Å². The number of aliphatic hydroxyl groups is 1. The Morgan fingerprint density at radius 3 is 2.92 bits per heavy atom. The van der Waals surface area contributed by atoms with Crippen LogP contribution in [-0.2, 0) is 9.59 Å². The number of nitrogens with two attached hydrogens (primary N) is 1. The van der Waals surface area contributed by atoms with E-state index in [4.69, 9.17) is 5.73 Å². The monoisotopic (exact) mass is 172 g/mol. The summed E-state index contributed by atoms with van der Waals surface area (Å²) in [6.45, 7) is 0.117. The number of rotatable bonds is 1. The predicted octanol–water partition coefficient (Wildman–Crippen LogP) is -1.64. The fraction of sp³-hybridized carbons (Fsp3) is 0.714. The fourth-order valence-electron chi connectivity index (χ4n) is 1.26. The lowest BCUT2D eigenvalue weighted by Gasteiger charge is -2.15. The first-order valence-electron chi connectivity index (χ1n) is 3.85. The summed E-state index contributed by atoms with van der Waals surface area (Å²) in [5.74, 6) is -1.28. The summed E-state index contributed by atoms with van der Waals surface area (Å²) in [5, 5.41) is 11.8. The molecule has 0 spiro atoms. The van der Waals surface area contributed by atoms with Gasteiger partial charge in [0.2, 0.25) is 11.8 Å². The van der Waals surface area contributed by atoms with Gasteiger partial charge in [-0.3, -0.25) is 9.59 Å². The predicted molar refractivity (Wildman–Crippen MR) is 40.9 cm³/mol. The highest BCUT2D eigenvalue weighted by molar-refractivity contribution is 5.81. The normalized spacial score (nSPS) is 30.6. The van der Waals surface area contributed by atoms with Crippen molar-refractivity contribution >= 4 is 11.8 Å². The van der Waals surface area contributed by atoms with Gasteiger partial charge in [0.15, 0.2) is 0 Å². The molecule has 2 amide bonds. The third-order valence-corrected chi connectivity index (χ3v) is 2.02. The Hall–Kier alpha value is -1.10. The first-order valence-corrected chi connectivity index (χ1v) is 3.85. The second-order valence-corrected chi connectivity index (χ2v) is 2.92. The SMILES string of the molecule is NC(=O)C1CCC(=O)NCC1O. The summed E-state index contributed by atoms with van der Waals surface area (Å²) in [5.41, 5.74) is 5.03. The van der Waals surface area contributed by atoms with Crippen LogP contribution < -0.4 is 11.1 Å². The van der Waals surface area contributed by atoms with E-state index < -0.39 is 17.9 Å². The van der Waals surface area contributed by atoms with Crippen LogP contribution in [0.4, 0.5) is 0 Å². The quantitative estimate of drug-likeness (QED) is 0.443. The molecule has 1 aliphatic rings. The molecule has 5 heteroatoms. The van der Waals surface area contributed by atoms with Gasteiger partial charge >= 0.3 is 0 Å². The van der Waals surface area contributed by atoms with Crippen molar-refractivity contribution in [2.75, 3.05) is 6.54 Å². The molecule has 1 aliphatic heterocycles. The molecule has 0 aromatic carbocycles. The van der Waals surface area contributed by atoms with Gasteiger partial charge in [-0.25, -0.2) is 0 Å². The van der Waals surface area contributed by atoms with E-state index in [0.29, 0.717) is 6.42 Å². The molecular weight excluding hydrogens is 160 g/mol. The summed E-state index contributed by atoms with van der Waals surface area (Å²) in [7, 11) is 0. The maximum absolute atomic E-state index is 10.8. The minimum Gasteiger partial charge on any atom is -0.390 e. The number of β-amino-alcohol motifs (C(OH)–C–C–N with tert-alkyl or cyclic N) is 1. The van der Waals surface area contributed by atoms with E-state index >= 15 is 0 Å². The molecule has 2 unspecified atom stereocenters. The Morgan fingerprint density at radius 1 is 1.67 bits per heavy atom. The summed E-state index contributed by atoms with van der Waals surface area (Å²) >= 11 is 0. The highest BCUT2D eigenvalue weighted by Crippen LogP contribution is 2.13. The van der Waals surface area contributed by atoms with E-state index in [1.165, 1.54) is 0 Å². The summed E-state index contributed by atoms with van der Waals surface area (Å²) in [6, 6.07) is 0. The van der Waals surface area contributed by atoms with Crippen molar-refractivity contribution in [3.05, 3.63) is 0 Å². The number of carbonyl (C=O) groups is 2. The molecule has 1 rings (SSSR count). The third-order valence-electron chi connectivity index (χ3n) is 2.02. The molecule has 0 aromatic heterocycles. The van der Waals surface area contributed by atoms with Crippen LogP contribution in [0, 0.1) is 5.92 Å². The maximum Gasteiger partial charge on any atom is 0.223 e. The number of hydrogen-bond donors (Lipinski definition) is 3. The molecule has 12 heavy (non-hydrogen) atoms. The Bertz CT molecular complexity index is 205. The lowest BCUT2D eigenvalue weighted by atomic mass is 9.97. The van der Waals surface area contributed by atoms with Gasteiger partial charge in [0.1, 0.15) is 0 Å². The van der Waals surface area contributed by atoms with Gasteiger partial charge in [-0.1, -0.05) is 0 Å². The van der Waals surface area contributed by atoms with E-state index in [2.05, 4.69) is 5.32 Å². The molecule has 1 heterocycles. The van der Waals surface area contributed by atoms with Gasteiger partial charge in [-0.2, -0.15) is 0 Å². The van der Waals surface area contributed by atoms with Crippen LogP contribution >= 0.6 is 0 Å². The van der Waals surface area contributed by atoms with E-state index in [1.54, 1.807) is 0 Å². The zero-order valence-electron chi connectivity index (χ0n) is 6.62. The molecule has 0 aromatic rings. The second kappa shape index (κ2) is 3.53. The Kier molecular flexibility index (Phi) is 2.65. The number of nitrogens with one attached hydrogen (secondary N) is 1. The van der Waals surface area contributed by atoms with Crippen LogP contribution in [0.5, 0.6) is 0 Å². The molecule has 4 N–H and O–H groups in total. The molecule has 2 atom stereocenters. The lowest BCUT2D eigenvalue weighted by molar-refractivity contribution is -0.125. The molecule has 0 aliphatic carbocycles. The molecule has 1 fully saturated rings. The highest BCUT2D eigenvalue weighted by Gasteiger charge is 2.28. The van der Waals surface area contributed by atoms with Crippen LogP contribution in [0.1, 0.15) is 12.8 Å². The van der Waals surface area contributed by atoms with E-state index in [9.17, 15) is 14.7 Å². The topological polar surface area (TPSA) is 92.4 Å². The van der Waals surface area contributed by atoms with Crippen molar-refractivity contribution in [2.45, 2.75) is 18.9 Å². The number of amides is 2. The Balaban J connectivity index is 2.62. The lowest BCUT2D eigenvalue weighted by Crippen LogP contribution is -2.37. The average Bonchev–Trinajstić information content (AvgIpc) is 2.14. The van der Waals surface area contributed by atoms with Crippen molar-refractivity contribution in [1.29, 1.82) is 0 Å². The fourth-order valence-corrected chi connectivity index (χ4v) is 1.26. The van der Waals surface area contributed by atoms with Crippen molar-refractivity contribution in [1.82, 2.24) is 5.32 Å². The van der Waals surface area contributed by atoms with Crippen molar-refractivity contribution in [3.63, 3.8) is 0 Å². The standard InChI is InChI=1S/C7H12N2O3/c8-7(12)4-1-2-6(11)9-3-5(4)10/h4-5,10H,1-3H2,(H2,8,12)(H,9,11). The van der Waals surface area contributed by atoms with Crippen molar-refractivity contribution < 1.29 is 14.7 Å². The number of hydrogen-bond acceptors (Lipinski definition) is 3. The van der Waals surface area contributed by atoms with Crippen LogP contribution in [0.25, 0.3) is 0 Å². The van der Waals surface area contributed by atoms with Crippen molar-refractivity contribution in [3.8, 4) is 0 Å². The molecule has 0 saturated carbocycles. The maximum atomic E-state index is 10.8. The van der Waals surface area contributed by atoms with Gasteiger partial charge in [0, 0.05) is 13.0 Å². The average molecular weight is 172 g/mol. The first-order chi connectivity index (χ1) is 5.61. The van der Waals surface area contributed by atoms with Gasteiger partial charge in [-0.15, -0.1) is 0 Å². The van der Waals surface area contributed by atoms with Crippen molar-refractivity contribution in [2.24, 2.45) is 11.7 Å². The molecule has 0 radical (unpaired) electrons. The Morgan fingerprint density at radius 2 is 2.33 bits per heavy atom.